The molecular weight excluding hydrogens is 306 g/mol. The fraction of sp³-hybridized carbons (Fsp3) is 0.889. The molecule has 0 aromatic carbocycles. The number of carboxylic acid groups (broad SMARTS) is 1. The summed E-state index contributed by atoms with van der Waals surface area (Å²) in [5, 5.41) is 10.2. The van der Waals surface area contributed by atoms with Crippen molar-refractivity contribution >= 4 is 13.9 Å². The van der Waals surface area contributed by atoms with Crippen LogP contribution in [-0.4, -0.2) is 42.7 Å². The summed E-state index contributed by atoms with van der Waals surface area (Å²) in [7, 11) is -4.45. The van der Waals surface area contributed by atoms with Gasteiger partial charge in [-0.1, -0.05) is 0 Å². The topological polar surface area (TPSA) is 94.1 Å². The summed E-state index contributed by atoms with van der Waals surface area (Å²) in [6.07, 6.45) is -6.05. The Balaban J connectivity index is 4.54. The zero-order valence-electron chi connectivity index (χ0n) is 11.2. The van der Waals surface area contributed by atoms with E-state index in [1.165, 1.54) is 20.8 Å². The molecular formula is C9H17F3NO6P. The van der Waals surface area contributed by atoms with Gasteiger partial charge < -0.3 is 10.4 Å². The Bertz CT molecular complexity index is 368. The molecule has 0 saturated heterocycles. The average molecular weight is 323 g/mol. The second kappa shape index (κ2) is 7.26. The highest BCUT2D eigenvalue weighted by atomic mass is 31.2. The molecule has 0 fully saturated rings. The third-order valence-electron chi connectivity index (χ3n) is 1.40. The lowest BCUT2D eigenvalue weighted by Gasteiger charge is -2.26. The molecule has 20 heavy (non-hydrogen) atoms. The molecule has 0 aliphatic carbocycles. The molecule has 0 aliphatic rings. The number of hydrogen-bond donors (Lipinski definition) is 2. The summed E-state index contributed by atoms with van der Waals surface area (Å²) in [4.78, 5) is 10.2. The van der Waals surface area contributed by atoms with Gasteiger partial charge in [-0.05, 0) is 20.8 Å². The first-order valence-corrected chi connectivity index (χ1v) is 6.92. The molecule has 0 bridgehead atoms. The van der Waals surface area contributed by atoms with E-state index in [2.05, 4.69) is 9.05 Å². The van der Waals surface area contributed by atoms with E-state index in [0.29, 0.717) is 0 Å². The van der Waals surface area contributed by atoms with Gasteiger partial charge in [0.1, 0.15) is 0 Å². The standard InChI is InChI=1S/C9H17F3NO6P/c1-8(2,3)19-20(16,18-6-9(10,11)12)17-5-4-13-7(14)15/h13H,4-6H2,1-3H3,(H,14,15). The highest BCUT2D eigenvalue weighted by Crippen LogP contribution is 2.53. The summed E-state index contributed by atoms with van der Waals surface area (Å²) in [5.41, 5.74) is -1.07. The maximum Gasteiger partial charge on any atom is 0.475 e. The van der Waals surface area contributed by atoms with Gasteiger partial charge in [-0.2, -0.15) is 13.2 Å². The van der Waals surface area contributed by atoms with Gasteiger partial charge in [-0.25, -0.2) is 9.36 Å². The average Bonchev–Trinajstić information content (AvgIpc) is 2.18. The molecule has 0 spiro atoms. The molecule has 1 unspecified atom stereocenters. The third kappa shape index (κ3) is 11.0. The van der Waals surface area contributed by atoms with Crippen LogP contribution in [0, 0.1) is 0 Å². The van der Waals surface area contributed by atoms with Crippen molar-refractivity contribution in [2.24, 2.45) is 0 Å². The smallest absolute Gasteiger partial charge is 0.465 e. The lowest BCUT2D eigenvalue weighted by atomic mass is 10.2. The number of nitrogens with one attached hydrogen (secondary N) is 1. The summed E-state index contributed by atoms with van der Waals surface area (Å²) >= 11 is 0. The fourth-order valence-electron chi connectivity index (χ4n) is 0.893. The van der Waals surface area contributed by atoms with Crippen LogP contribution in [0.4, 0.5) is 18.0 Å². The molecule has 0 saturated carbocycles. The van der Waals surface area contributed by atoms with Crippen molar-refractivity contribution in [3.05, 3.63) is 0 Å². The maximum atomic E-state index is 12.1. The van der Waals surface area contributed by atoms with Crippen LogP contribution in [-0.2, 0) is 18.1 Å². The van der Waals surface area contributed by atoms with E-state index in [1.54, 1.807) is 0 Å². The van der Waals surface area contributed by atoms with Gasteiger partial charge in [0, 0.05) is 6.54 Å². The monoisotopic (exact) mass is 323 g/mol. The van der Waals surface area contributed by atoms with Crippen LogP contribution in [0.5, 0.6) is 0 Å². The van der Waals surface area contributed by atoms with Gasteiger partial charge in [0.05, 0.1) is 12.2 Å². The third-order valence-corrected chi connectivity index (χ3v) is 3.12. The van der Waals surface area contributed by atoms with E-state index >= 15 is 0 Å². The van der Waals surface area contributed by atoms with Crippen LogP contribution in [0.15, 0.2) is 0 Å². The maximum absolute atomic E-state index is 12.1. The van der Waals surface area contributed by atoms with E-state index in [-0.39, 0.29) is 6.54 Å². The Morgan fingerprint density at radius 2 is 1.80 bits per heavy atom. The number of amides is 1. The number of carbonyl (C=O) groups is 1. The Morgan fingerprint density at radius 1 is 1.25 bits per heavy atom. The van der Waals surface area contributed by atoms with Crippen LogP contribution in [0.2, 0.25) is 0 Å². The molecule has 11 heteroatoms. The van der Waals surface area contributed by atoms with Crippen molar-refractivity contribution in [3.63, 3.8) is 0 Å². The quantitative estimate of drug-likeness (QED) is 0.553. The van der Waals surface area contributed by atoms with Crippen LogP contribution >= 0.6 is 7.82 Å². The van der Waals surface area contributed by atoms with Crippen molar-refractivity contribution in [1.29, 1.82) is 0 Å². The first kappa shape index (κ1) is 19.2. The molecule has 0 aromatic heterocycles. The Kier molecular flexibility index (Phi) is 6.96. The number of halogens is 3. The van der Waals surface area contributed by atoms with Gasteiger partial charge in [0.25, 0.3) is 0 Å². The summed E-state index contributed by atoms with van der Waals surface area (Å²) in [6.45, 7) is 1.83. The van der Waals surface area contributed by atoms with E-state index in [1.807, 2.05) is 5.32 Å². The number of rotatable bonds is 7. The molecule has 1 amide bonds. The number of hydrogen-bond acceptors (Lipinski definition) is 5. The Labute approximate surface area is 114 Å². The van der Waals surface area contributed by atoms with Crippen LogP contribution in [0.3, 0.4) is 0 Å². The fourth-order valence-corrected chi connectivity index (χ4v) is 2.36. The number of phosphoric ester groups is 1. The second-order valence-electron chi connectivity index (χ2n) is 4.60. The molecule has 120 valence electrons. The van der Waals surface area contributed by atoms with Crippen LogP contribution < -0.4 is 5.32 Å². The molecule has 0 rings (SSSR count). The van der Waals surface area contributed by atoms with Crippen molar-refractivity contribution in [2.75, 3.05) is 19.8 Å². The van der Waals surface area contributed by atoms with E-state index < -0.39 is 38.9 Å². The van der Waals surface area contributed by atoms with Gasteiger partial charge in [-0.3, -0.25) is 13.6 Å². The van der Waals surface area contributed by atoms with Crippen LogP contribution in [0.25, 0.3) is 0 Å². The SMILES string of the molecule is CC(C)(C)OP(=O)(OCCNC(=O)O)OCC(F)(F)F. The van der Waals surface area contributed by atoms with Crippen molar-refractivity contribution < 1.29 is 41.2 Å². The van der Waals surface area contributed by atoms with Crippen molar-refractivity contribution in [2.45, 2.75) is 32.5 Å². The Hall–Kier alpha value is -0.830. The van der Waals surface area contributed by atoms with Gasteiger partial charge in [0.2, 0.25) is 0 Å². The first-order chi connectivity index (χ1) is 8.83. The minimum atomic E-state index is -4.69. The zero-order chi connectivity index (χ0) is 16.0. The van der Waals surface area contributed by atoms with E-state index in [0.717, 1.165) is 0 Å². The largest absolute Gasteiger partial charge is 0.475 e. The molecule has 0 aliphatic heterocycles. The van der Waals surface area contributed by atoms with Crippen LogP contribution in [0.1, 0.15) is 20.8 Å². The van der Waals surface area contributed by atoms with Crippen molar-refractivity contribution in [3.8, 4) is 0 Å². The summed E-state index contributed by atoms with van der Waals surface area (Å²) < 4.78 is 61.9. The molecule has 0 radical (unpaired) electrons. The summed E-state index contributed by atoms with van der Waals surface area (Å²) in [6, 6.07) is 0. The number of alkyl halides is 3. The van der Waals surface area contributed by atoms with Gasteiger partial charge >= 0.3 is 20.1 Å². The minimum Gasteiger partial charge on any atom is -0.465 e. The van der Waals surface area contributed by atoms with Gasteiger partial charge in [0.15, 0.2) is 6.61 Å². The Morgan fingerprint density at radius 3 is 2.20 bits per heavy atom. The van der Waals surface area contributed by atoms with E-state index in [9.17, 15) is 22.5 Å². The molecule has 7 nitrogen and oxygen atoms in total. The van der Waals surface area contributed by atoms with Gasteiger partial charge in [-0.15, -0.1) is 0 Å². The highest BCUT2D eigenvalue weighted by molar-refractivity contribution is 7.48. The zero-order valence-corrected chi connectivity index (χ0v) is 12.1. The van der Waals surface area contributed by atoms with Crippen molar-refractivity contribution in [1.82, 2.24) is 5.32 Å². The number of phosphoric acid groups is 1. The molecule has 2 N–H and O–H groups in total. The minimum absolute atomic E-state index is 0.276. The predicted molar refractivity (Wildman–Crippen MR) is 62.4 cm³/mol. The summed E-state index contributed by atoms with van der Waals surface area (Å²) in [5.74, 6) is 0. The molecule has 1 atom stereocenters. The predicted octanol–water partition coefficient (Wildman–Crippen LogP) is 2.77. The first-order valence-electron chi connectivity index (χ1n) is 5.46. The lowest BCUT2D eigenvalue weighted by molar-refractivity contribution is -0.159. The highest BCUT2D eigenvalue weighted by Gasteiger charge is 2.38. The molecule has 0 heterocycles. The lowest BCUT2D eigenvalue weighted by Crippen LogP contribution is -2.27. The normalized spacial score (nSPS) is 15.7. The van der Waals surface area contributed by atoms with E-state index in [4.69, 9.17) is 9.63 Å². The second-order valence-corrected chi connectivity index (χ2v) is 6.20. The molecule has 0 aromatic rings.